The fourth-order valence-corrected chi connectivity index (χ4v) is 3.34. The van der Waals surface area contributed by atoms with Gasteiger partial charge in [-0.1, -0.05) is 16.8 Å². The van der Waals surface area contributed by atoms with E-state index in [1.165, 1.54) is 0 Å². The van der Waals surface area contributed by atoms with Gasteiger partial charge in [0.25, 0.3) is 0 Å². The predicted octanol–water partition coefficient (Wildman–Crippen LogP) is 3.49. The number of H-pyrrole nitrogens is 1. The van der Waals surface area contributed by atoms with Gasteiger partial charge in [0.05, 0.1) is 17.3 Å². The summed E-state index contributed by atoms with van der Waals surface area (Å²) in [6.07, 6.45) is 1.38. The van der Waals surface area contributed by atoms with Crippen LogP contribution < -0.4 is 10.1 Å². The van der Waals surface area contributed by atoms with E-state index in [1.54, 1.807) is 0 Å². The van der Waals surface area contributed by atoms with Crippen LogP contribution in [-0.4, -0.2) is 28.8 Å². The molecule has 0 spiro atoms. The lowest BCUT2D eigenvalue weighted by Crippen LogP contribution is -2.33. The van der Waals surface area contributed by atoms with Crippen LogP contribution in [0.15, 0.2) is 28.8 Å². The van der Waals surface area contributed by atoms with Gasteiger partial charge < -0.3 is 24.3 Å². The maximum atomic E-state index is 12.1. The van der Waals surface area contributed by atoms with Crippen molar-refractivity contribution >= 4 is 28.4 Å². The number of carbonyl (C=O) groups excluding carboxylic acids is 1. The Bertz CT molecular complexity index is 959. The zero-order chi connectivity index (χ0) is 18.8. The smallest absolute Gasteiger partial charge is 0.249 e. The zero-order valence-corrected chi connectivity index (χ0v) is 15.6. The molecule has 142 valence electrons. The van der Waals surface area contributed by atoms with Gasteiger partial charge in [-0.3, -0.25) is 4.79 Å². The monoisotopic (exact) mass is 389 g/mol. The average Bonchev–Trinajstić information content (AvgIpc) is 3.38. The van der Waals surface area contributed by atoms with Crippen molar-refractivity contribution in [2.75, 3.05) is 6.61 Å². The number of amides is 1. The topological polar surface area (TPSA) is 89.4 Å². The van der Waals surface area contributed by atoms with Crippen LogP contribution in [0.3, 0.4) is 0 Å². The number of aromatic amines is 1. The lowest BCUT2D eigenvalue weighted by molar-refractivity contribution is -0.130. The van der Waals surface area contributed by atoms with Crippen molar-refractivity contribution in [2.24, 2.45) is 0 Å². The van der Waals surface area contributed by atoms with Crippen LogP contribution in [0.25, 0.3) is 10.9 Å². The minimum Gasteiger partial charge on any atom is -0.484 e. The summed E-state index contributed by atoms with van der Waals surface area (Å²) in [4.78, 5) is 15.3. The minimum atomic E-state index is -0.330. The second-order valence-corrected chi connectivity index (χ2v) is 7.01. The molecule has 1 amide bonds. The average molecular weight is 390 g/mol. The predicted molar refractivity (Wildman–Crippen MR) is 99.7 cm³/mol. The third-order valence-electron chi connectivity index (χ3n) is 4.45. The van der Waals surface area contributed by atoms with Crippen molar-refractivity contribution in [1.82, 2.24) is 15.5 Å². The van der Waals surface area contributed by atoms with Gasteiger partial charge in [-0.05, 0) is 31.9 Å². The molecule has 0 bridgehead atoms. The number of carbonyl (C=O) groups is 1. The van der Waals surface area contributed by atoms with E-state index in [0.717, 1.165) is 35.1 Å². The van der Waals surface area contributed by atoms with Crippen LogP contribution in [0.5, 0.6) is 5.75 Å². The van der Waals surface area contributed by atoms with Gasteiger partial charge in [0.2, 0.25) is 5.91 Å². The van der Waals surface area contributed by atoms with Gasteiger partial charge in [0.15, 0.2) is 5.76 Å². The van der Waals surface area contributed by atoms with Crippen LogP contribution in [0.4, 0.5) is 0 Å². The summed E-state index contributed by atoms with van der Waals surface area (Å²) in [7, 11) is 0. The Morgan fingerprint density at radius 3 is 3.04 bits per heavy atom. The van der Waals surface area contributed by atoms with Crippen molar-refractivity contribution in [3.63, 3.8) is 0 Å². The quantitative estimate of drug-likeness (QED) is 0.673. The summed E-state index contributed by atoms with van der Waals surface area (Å²) < 4.78 is 16.3. The molecular formula is C19H20ClN3O4. The van der Waals surface area contributed by atoms with Gasteiger partial charge in [0.1, 0.15) is 18.5 Å². The van der Waals surface area contributed by atoms with E-state index in [2.05, 4.69) is 15.5 Å². The van der Waals surface area contributed by atoms with Crippen LogP contribution in [0, 0.1) is 6.92 Å². The van der Waals surface area contributed by atoms with Crippen molar-refractivity contribution in [3.05, 3.63) is 46.4 Å². The van der Waals surface area contributed by atoms with Crippen molar-refractivity contribution < 1.29 is 18.8 Å². The second kappa shape index (κ2) is 7.62. The minimum absolute atomic E-state index is 0.0736. The van der Waals surface area contributed by atoms with Crippen LogP contribution in [0.2, 0.25) is 5.02 Å². The number of nitrogens with one attached hydrogen (secondary N) is 2. The van der Waals surface area contributed by atoms with Gasteiger partial charge in [-0.15, -0.1) is 0 Å². The molecule has 0 radical (unpaired) electrons. The highest BCUT2D eigenvalue weighted by atomic mass is 35.5. The molecule has 1 fully saturated rings. The molecule has 1 saturated heterocycles. The first-order valence-corrected chi connectivity index (χ1v) is 9.22. The Morgan fingerprint density at radius 2 is 2.30 bits per heavy atom. The van der Waals surface area contributed by atoms with E-state index in [-0.39, 0.29) is 18.6 Å². The number of hydrogen-bond acceptors (Lipinski definition) is 5. The molecule has 3 heterocycles. The molecule has 1 aromatic carbocycles. The highest BCUT2D eigenvalue weighted by Crippen LogP contribution is 2.31. The van der Waals surface area contributed by atoms with E-state index in [4.69, 9.17) is 25.6 Å². The molecule has 0 unspecified atom stereocenters. The first-order chi connectivity index (χ1) is 13.1. The first kappa shape index (κ1) is 17.9. The molecule has 2 N–H and O–H groups in total. The lowest BCUT2D eigenvalue weighted by atomic mass is 10.2. The molecule has 1 aliphatic heterocycles. The third-order valence-corrected chi connectivity index (χ3v) is 4.75. The Kier molecular flexibility index (Phi) is 5.05. The molecule has 1 atom stereocenters. The second-order valence-electron chi connectivity index (χ2n) is 6.61. The van der Waals surface area contributed by atoms with E-state index in [9.17, 15) is 4.79 Å². The summed E-state index contributed by atoms with van der Waals surface area (Å²) >= 11 is 6.33. The Labute approximate surface area is 161 Å². The molecular weight excluding hydrogens is 370 g/mol. The molecule has 8 heteroatoms. The van der Waals surface area contributed by atoms with Crippen molar-refractivity contribution in [2.45, 2.75) is 39.0 Å². The Balaban J connectivity index is 1.43. The van der Waals surface area contributed by atoms with Gasteiger partial charge in [-0.25, -0.2) is 0 Å². The Morgan fingerprint density at radius 1 is 1.41 bits per heavy atom. The maximum absolute atomic E-state index is 12.1. The first-order valence-electron chi connectivity index (χ1n) is 8.84. The number of nitrogens with zero attached hydrogens (tertiary/aromatic N) is 1. The molecule has 3 aromatic rings. The number of halogens is 1. The van der Waals surface area contributed by atoms with Gasteiger partial charge in [0, 0.05) is 35.3 Å². The SMILES string of the molecule is Cc1cc(COc2cc3[nH]c(CNC(=O)[C@H]4CCCO4)cc3cc2Cl)on1. The normalized spacial score (nSPS) is 16.7. The van der Waals surface area contributed by atoms with Gasteiger partial charge in [-0.2, -0.15) is 0 Å². The van der Waals surface area contributed by atoms with Crippen LogP contribution in [-0.2, 0) is 22.7 Å². The summed E-state index contributed by atoms with van der Waals surface area (Å²) in [5, 5.41) is 8.19. The van der Waals surface area contributed by atoms with E-state index < -0.39 is 0 Å². The maximum Gasteiger partial charge on any atom is 0.249 e. The highest BCUT2D eigenvalue weighted by molar-refractivity contribution is 6.32. The fourth-order valence-electron chi connectivity index (χ4n) is 3.11. The van der Waals surface area contributed by atoms with Crippen molar-refractivity contribution in [3.8, 4) is 5.75 Å². The largest absolute Gasteiger partial charge is 0.484 e. The number of aromatic nitrogens is 2. The molecule has 1 aliphatic rings. The summed E-state index contributed by atoms with van der Waals surface area (Å²) in [6.45, 7) is 3.15. The van der Waals surface area contributed by atoms with Crippen LogP contribution in [0.1, 0.15) is 30.0 Å². The standard InChI is InChI=1S/C19H20ClN3O4/c1-11-5-14(27-23-11)10-26-18-8-16-12(7-15(18)20)6-13(22-16)9-21-19(24)17-3-2-4-25-17/h5-8,17,22H,2-4,9-10H2,1H3,(H,21,24)/t17-/m1/s1. The summed E-state index contributed by atoms with van der Waals surface area (Å²) in [5.41, 5.74) is 2.56. The van der Waals surface area contributed by atoms with E-state index >= 15 is 0 Å². The number of aryl methyl sites for hydroxylation is 1. The molecule has 4 rings (SSSR count). The number of rotatable bonds is 6. The van der Waals surface area contributed by atoms with Crippen molar-refractivity contribution in [1.29, 1.82) is 0 Å². The number of benzene rings is 1. The van der Waals surface area contributed by atoms with Crippen LogP contribution >= 0.6 is 11.6 Å². The van der Waals surface area contributed by atoms with E-state index in [1.807, 2.05) is 31.2 Å². The number of fused-ring (bicyclic) bond motifs is 1. The molecule has 0 aliphatic carbocycles. The highest BCUT2D eigenvalue weighted by Gasteiger charge is 2.23. The summed E-state index contributed by atoms with van der Waals surface area (Å²) in [6, 6.07) is 7.45. The molecule has 7 nitrogen and oxygen atoms in total. The van der Waals surface area contributed by atoms with E-state index in [0.29, 0.717) is 29.7 Å². The number of hydrogen-bond donors (Lipinski definition) is 2. The Hall–Kier alpha value is -2.51. The third kappa shape index (κ3) is 4.09. The zero-order valence-electron chi connectivity index (χ0n) is 14.9. The lowest BCUT2D eigenvalue weighted by Gasteiger charge is -2.09. The number of ether oxygens (including phenoxy) is 2. The van der Waals surface area contributed by atoms with Gasteiger partial charge >= 0.3 is 0 Å². The fraction of sp³-hybridized carbons (Fsp3) is 0.368. The molecule has 0 saturated carbocycles. The molecule has 2 aromatic heterocycles. The molecule has 27 heavy (non-hydrogen) atoms. The summed E-state index contributed by atoms with van der Waals surface area (Å²) in [5.74, 6) is 1.11.